The lowest BCUT2D eigenvalue weighted by Crippen LogP contribution is -2.29. The predicted molar refractivity (Wildman–Crippen MR) is 145 cm³/mol. The first kappa shape index (κ1) is 26.9. The second kappa shape index (κ2) is 11.5. The number of ketones is 1. The molecule has 1 N–H and O–H groups in total. The zero-order valence-electron chi connectivity index (χ0n) is 21.5. The van der Waals surface area contributed by atoms with E-state index >= 15 is 0 Å². The molecule has 0 bridgehead atoms. The summed E-state index contributed by atoms with van der Waals surface area (Å²) in [5.74, 6) is -0.402. The zero-order valence-corrected chi connectivity index (χ0v) is 22.2. The Morgan fingerprint density at radius 2 is 1.55 bits per heavy atom. The molecular weight excluding hydrogens is 510 g/mol. The van der Waals surface area contributed by atoms with Crippen molar-refractivity contribution in [3.63, 3.8) is 0 Å². The van der Waals surface area contributed by atoms with Crippen molar-refractivity contribution in [1.82, 2.24) is 0 Å². The van der Waals surface area contributed by atoms with Crippen molar-refractivity contribution >= 4 is 34.7 Å². The number of hydrogen-bond donors (Lipinski definition) is 1. The molecule has 1 atom stereocenters. The number of carbonyl (C=O) groups excluding carboxylic acids is 2. The van der Waals surface area contributed by atoms with Gasteiger partial charge in [-0.15, -0.1) is 0 Å². The number of anilines is 1. The minimum Gasteiger partial charge on any atom is -0.507 e. The largest absolute Gasteiger partial charge is 0.507 e. The number of nitrogens with zero attached hydrogens (tertiary/aromatic N) is 1. The molecule has 4 rings (SSSR count). The van der Waals surface area contributed by atoms with Crippen LogP contribution < -0.4 is 23.8 Å². The molecule has 198 valence electrons. The van der Waals surface area contributed by atoms with E-state index in [0.29, 0.717) is 36.0 Å². The molecule has 1 aliphatic rings. The van der Waals surface area contributed by atoms with Crippen LogP contribution in [0.15, 0.2) is 66.2 Å². The first-order chi connectivity index (χ1) is 18.3. The van der Waals surface area contributed by atoms with Gasteiger partial charge in [-0.05, 0) is 49.7 Å². The maximum atomic E-state index is 13.5. The number of methoxy groups -OCH3 is 2. The summed E-state index contributed by atoms with van der Waals surface area (Å²) in [5, 5.41) is 11.8. The third kappa shape index (κ3) is 4.99. The number of benzene rings is 3. The average Bonchev–Trinajstić information content (AvgIpc) is 3.19. The van der Waals surface area contributed by atoms with Gasteiger partial charge in [-0.25, -0.2) is 0 Å². The molecular formula is C29H28ClNO7. The van der Waals surface area contributed by atoms with Crippen LogP contribution in [0.3, 0.4) is 0 Å². The van der Waals surface area contributed by atoms with E-state index < -0.39 is 23.5 Å². The van der Waals surface area contributed by atoms with E-state index in [1.807, 2.05) is 13.8 Å². The topological polar surface area (TPSA) is 94.5 Å². The number of rotatable bonds is 9. The first-order valence-corrected chi connectivity index (χ1v) is 12.4. The van der Waals surface area contributed by atoms with Crippen molar-refractivity contribution in [2.45, 2.75) is 19.9 Å². The Bertz CT molecular complexity index is 1380. The molecule has 8 nitrogen and oxygen atoms in total. The Morgan fingerprint density at radius 1 is 0.895 bits per heavy atom. The fraction of sp³-hybridized carbons (Fsp3) is 0.241. The summed E-state index contributed by atoms with van der Waals surface area (Å²) < 4.78 is 21.9. The summed E-state index contributed by atoms with van der Waals surface area (Å²) >= 11 is 6.25. The predicted octanol–water partition coefficient (Wildman–Crippen LogP) is 5.78. The SMILES string of the molecule is CCOc1ccc(C2/C(=C(\O)c3cc(OC)c(Cl)cc3OC)C(=O)C(=O)N2c2cccc(OCC)c2)cc1. The lowest BCUT2D eigenvalue weighted by atomic mass is 9.94. The Labute approximate surface area is 225 Å². The minimum absolute atomic E-state index is 0.108. The van der Waals surface area contributed by atoms with Gasteiger partial charge in [0.15, 0.2) is 0 Å². The average molecular weight is 538 g/mol. The van der Waals surface area contributed by atoms with Crippen molar-refractivity contribution < 1.29 is 33.6 Å². The van der Waals surface area contributed by atoms with Crippen LogP contribution in [0.25, 0.3) is 5.76 Å². The van der Waals surface area contributed by atoms with Gasteiger partial charge in [0.25, 0.3) is 11.7 Å². The van der Waals surface area contributed by atoms with E-state index in [-0.39, 0.29) is 27.7 Å². The molecule has 3 aromatic carbocycles. The van der Waals surface area contributed by atoms with Gasteiger partial charge in [0.2, 0.25) is 0 Å². The Kier molecular flexibility index (Phi) is 8.12. The van der Waals surface area contributed by atoms with Gasteiger partial charge in [-0.2, -0.15) is 0 Å². The van der Waals surface area contributed by atoms with Gasteiger partial charge in [0.05, 0.1) is 49.6 Å². The van der Waals surface area contributed by atoms with Crippen molar-refractivity contribution in [2.24, 2.45) is 0 Å². The van der Waals surface area contributed by atoms with Crippen LogP contribution in [0.5, 0.6) is 23.0 Å². The summed E-state index contributed by atoms with van der Waals surface area (Å²) in [6.45, 7) is 4.65. The standard InChI is InChI=1S/C29H28ClNO7/c1-5-37-19-12-10-17(11-13-19)26-25(27(32)21-15-24(36-4)22(30)16-23(21)35-3)28(33)29(34)31(26)18-8-7-9-20(14-18)38-6-2/h7-16,26,32H,5-6H2,1-4H3/b27-25+. The van der Waals surface area contributed by atoms with E-state index in [9.17, 15) is 14.7 Å². The highest BCUT2D eigenvalue weighted by Gasteiger charge is 2.47. The lowest BCUT2D eigenvalue weighted by Gasteiger charge is -2.26. The number of carbonyl (C=O) groups is 2. The molecule has 38 heavy (non-hydrogen) atoms. The molecule has 9 heteroatoms. The summed E-state index contributed by atoms with van der Waals surface area (Å²) in [6, 6.07) is 15.9. The third-order valence-electron chi connectivity index (χ3n) is 6.09. The summed E-state index contributed by atoms with van der Waals surface area (Å²) in [4.78, 5) is 28.4. The molecule has 1 heterocycles. The lowest BCUT2D eigenvalue weighted by molar-refractivity contribution is -0.132. The van der Waals surface area contributed by atoms with Crippen molar-refractivity contribution in [2.75, 3.05) is 32.3 Å². The Balaban J connectivity index is 1.96. The highest BCUT2D eigenvalue weighted by atomic mass is 35.5. The number of aliphatic hydroxyl groups is 1. The van der Waals surface area contributed by atoms with E-state index in [4.69, 9.17) is 30.5 Å². The molecule has 0 spiro atoms. The van der Waals surface area contributed by atoms with Crippen LogP contribution >= 0.6 is 11.6 Å². The highest BCUT2D eigenvalue weighted by Crippen LogP contribution is 2.45. The van der Waals surface area contributed by atoms with E-state index in [1.54, 1.807) is 48.5 Å². The number of hydrogen-bond acceptors (Lipinski definition) is 7. The van der Waals surface area contributed by atoms with Crippen molar-refractivity contribution in [3.05, 3.63) is 82.4 Å². The molecule has 1 fully saturated rings. The van der Waals surface area contributed by atoms with Gasteiger partial charge in [-0.1, -0.05) is 29.8 Å². The molecule has 1 aliphatic heterocycles. The van der Waals surface area contributed by atoms with Crippen molar-refractivity contribution in [1.29, 1.82) is 0 Å². The van der Waals surface area contributed by atoms with Crippen molar-refractivity contribution in [3.8, 4) is 23.0 Å². The number of amides is 1. The second-order valence-electron chi connectivity index (χ2n) is 8.29. The summed E-state index contributed by atoms with van der Waals surface area (Å²) in [7, 11) is 2.85. The fourth-order valence-electron chi connectivity index (χ4n) is 4.41. The summed E-state index contributed by atoms with van der Waals surface area (Å²) in [6.07, 6.45) is 0. The maximum absolute atomic E-state index is 13.5. The van der Waals surface area contributed by atoms with E-state index in [1.165, 1.54) is 31.3 Å². The smallest absolute Gasteiger partial charge is 0.300 e. The van der Waals surface area contributed by atoms with E-state index in [0.717, 1.165) is 0 Å². The van der Waals surface area contributed by atoms with Gasteiger partial charge in [-0.3, -0.25) is 14.5 Å². The van der Waals surface area contributed by atoms with Crippen LogP contribution in [0.1, 0.15) is 31.0 Å². The van der Waals surface area contributed by atoms with Crippen LogP contribution in [0, 0.1) is 0 Å². The van der Waals surface area contributed by atoms with Gasteiger partial charge >= 0.3 is 0 Å². The molecule has 0 aliphatic carbocycles. The minimum atomic E-state index is -0.950. The fourth-order valence-corrected chi connectivity index (χ4v) is 4.64. The molecule has 3 aromatic rings. The zero-order chi connectivity index (χ0) is 27.4. The van der Waals surface area contributed by atoms with Crippen LogP contribution in [0.4, 0.5) is 5.69 Å². The Morgan fingerprint density at radius 3 is 2.18 bits per heavy atom. The monoisotopic (exact) mass is 537 g/mol. The first-order valence-electron chi connectivity index (χ1n) is 12.0. The maximum Gasteiger partial charge on any atom is 0.300 e. The number of aliphatic hydroxyl groups excluding tert-OH is 1. The van der Waals surface area contributed by atoms with Crippen LogP contribution in [-0.2, 0) is 9.59 Å². The third-order valence-corrected chi connectivity index (χ3v) is 6.38. The molecule has 1 saturated heterocycles. The van der Waals surface area contributed by atoms with Gasteiger partial charge in [0.1, 0.15) is 28.8 Å². The molecule has 0 aromatic heterocycles. The second-order valence-corrected chi connectivity index (χ2v) is 8.70. The van der Waals surface area contributed by atoms with Gasteiger partial charge in [0, 0.05) is 17.8 Å². The highest BCUT2D eigenvalue weighted by molar-refractivity contribution is 6.51. The molecule has 0 radical (unpaired) electrons. The number of Topliss-reactive ketones (excluding diaryl/α,β-unsaturated/α-hetero) is 1. The Hall–Kier alpha value is -4.17. The number of halogens is 1. The van der Waals surface area contributed by atoms with Crippen LogP contribution in [0.2, 0.25) is 5.02 Å². The van der Waals surface area contributed by atoms with Gasteiger partial charge < -0.3 is 24.1 Å². The quantitative estimate of drug-likeness (QED) is 0.210. The molecule has 1 amide bonds. The van der Waals surface area contributed by atoms with Crippen LogP contribution in [-0.4, -0.2) is 44.2 Å². The molecule has 1 unspecified atom stereocenters. The summed E-state index contributed by atoms with van der Waals surface area (Å²) in [5.41, 5.74) is 1.09. The number of ether oxygens (including phenoxy) is 4. The molecule has 0 saturated carbocycles. The normalized spacial score (nSPS) is 16.4. The van der Waals surface area contributed by atoms with E-state index in [2.05, 4.69) is 0 Å².